The number of aromatic nitrogens is 2. The van der Waals surface area contributed by atoms with Gasteiger partial charge in [0, 0.05) is 19.5 Å². The molecule has 0 atom stereocenters. The average molecular weight is 214 g/mol. The first kappa shape index (κ1) is 11.7. The number of rotatable bonds is 7. The lowest BCUT2D eigenvalue weighted by Crippen LogP contribution is -2.16. The van der Waals surface area contributed by atoms with Gasteiger partial charge in [-0.2, -0.15) is 0 Å². The third kappa shape index (κ3) is 4.57. The van der Waals surface area contributed by atoms with Gasteiger partial charge in [-0.05, 0) is 0 Å². The van der Waals surface area contributed by atoms with E-state index in [4.69, 9.17) is 14.2 Å². The number of nitrogens with zero attached hydrogens (tertiary/aromatic N) is 1. The van der Waals surface area contributed by atoms with E-state index in [9.17, 15) is 4.79 Å². The fourth-order valence-corrected chi connectivity index (χ4v) is 0.883. The minimum Gasteiger partial charge on any atom is -0.471 e. The molecule has 1 aromatic rings. The average Bonchev–Trinajstić information content (AvgIpc) is 2.25. The first-order chi connectivity index (χ1) is 7.34. The van der Waals surface area contributed by atoms with E-state index in [1.807, 2.05) is 0 Å². The molecule has 0 saturated carbocycles. The summed E-state index contributed by atoms with van der Waals surface area (Å²) in [5.41, 5.74) is -0.339. The summed E-state index contributed by atoms with van der Waals surface area (Å²) in [6.45, 7) is 1.76. The van der Waals surface area contributed by atoms with Crippen LogP contribution >= 0.6 is 0 Å². The molecular weight excluding hydrogens is 200 g/mol. The van der Waals surface area contributed by atoms with Crippen LogP contribution in [0.2, 0.25) is 0 Å². The summed E-state index contributed by atoms with van der Waals surface area (Å²) in [6, 6.07) is 0. The molecule has 1 heterocycles. The van der Waals surface area contributed by atoms with Gasteiger partial charge < -0.3 is 19.2 Å². The highest BCUT2D eigenvalue weighted by atomic mass is 16.5. The van der Waals surface area contributed by atoms with E-state index in [0.29, 0.717) is 26.4 Å². The molecule has 1 rings (SSSR count). The molecule has 6 heteroatoms. The van der Waals surface area contributed by atoms with Crippen molar-refractivity contribution < 1.29 is 14.2 Å². The molecule has 0 bridgehead atoms. The Morgan fingerprint density at radius 1 is 1.33 bits per heavy atom. The van der Waals surface area contributed by atoms with Crippen molar-refractivity contribution >= 4 is 0 Å². The fraction of sp³-hybridized carbons (Fsp3) is 0.556. The van der Waals surface area contributed by atoms with Crippen molar-refractivity contribution in [2.24, 2.45) is 0 Å². The first-order valence-corrected chi connectivity index (χ1v) is 4.58. The molecule has 0 unspecified atom stereocenters. The van der Waals surface area contributed by atoms with Crippen LogP contribution in [0.1, 0.15) is 0 Å². The summed E-state index contributed by atoms with van der Waals surface area (Å²) in [5, 5.41) is 0. The zero-order valence-electron chi connectivity index (χ0n) is 8.56. The molecule has 0 spiro atoms. The number of H-pyrrole nitrogens is 1. The van der Waals surface area contributed by atoms with E-state index in [-0.39, 0.29) is 11.4 Å². The zero-order chi connectivity index (χ0) is 10.9. The Morgan fingerprint density at radius 3 is 2.87 bits per heavy atom. The van der Waals surface area contributed by atoms with Crippen LogP contribution < -0.4 is 10.3 Å². The molecule has 0 aliphatic heterocycles. The number of ether oxygens (including phenoxy) is 3. The topological polar surface area (TPSA) is 73.4 Å². The van der Waals surface area contributed by atoms with Crippen LogP contribution in [0.5, 0.6) is 5.88 Å². The Kier molecular flexibility index (Phi) is 5.42. The van der Waals surface area contributed by atoms with E-state index >= 15 is 0 Å². The molecule has 0 aliphatic carbocycles. The number of methoxy groups -OCH3 is 1. The normalized spacial score (nSPS) is 10.2. The molecule has 0 radical (unpaired) electrons. The van der Waals surface area contributed by atoms with Gasteiger partial charge in [0.05, 0.1) is 19.8 Å². The van der Waals surface area contributed by atoms with Gasteiger partial charge in [-0.25, -0.2) is 4.98 Å². The Bertz CT molecular complexity index is 326. The minimum absolute atomic E-state index is 0.0628. The van der Waals surface area contributed by atoms with Crippen LogP contribution in [0.3, 0.4) is 0 Å². The maximum Gasteiger partial charge on any atom is 0.310 e. The largest absolute Gasteiger partial charge is 0.471 e. The van der Waals surface area contributed by atoms with Gasteiger partial charge in [-0.1, -0.05) is 0 Å². The molecular formula is C9H14N2O4. The van der Waals surface area contributed by atoms with Crippen LogP contribution in [-0.4, -0.2) is 43.5 Å². The Labute approximate surface area is 87.2 Å². The van der Waals surface area contributed by atoms with Crippen molar-refractivity contribution in [3.8, 4) is 5.88 Å². The van der Waals surface area contributed by atoms with E-state index in [0.717, 1.165) is 0 Å². The van der Waals surface area contributed by atoms with Crippen molar-refractivity contribution in [3.63, 3.8) is 0 Å². The third-order valence-electron chi connectivity index (χ3n) is 1.57. The predicted octanol–water partition coefficient (Wildman–Crippen LogP) is -0.188. The summed E-state index contributed by atoms with van der Waals surface area (Å²) in [4.78, 5) is 17.3. The lowest BCUT2D eigenvalue weighted by atomic mass is 10.7. The number of hydrogen-bond donors (Lipinski definition) is 1. The maximum atomic E-state index is 11.1. The van der Waals surface area contributed by atoms with Crippen molar-refractivity contribution in [1.82, 2.24) is 9.97 Å². The van der Waals surface area contributed by atoms with E-state index < -0.39 is 0 Å². The van der Waals surface area contributed by atoms with Crippen LogP contribution in [-0.2, 0) is 9.47 Å². The molecule has 1 aromatic heterocycles. The smallest absolute Gasteiger partial charge is 0.310 e. The highest BCUT2D eigenvalue weighted by Gasteiger charge is 1.99. The summed E-state index contributed by atoms with van der Waals surface area (Å²) in [7, 11) is 1.60. The quantitative estimate of drug-likeness (QED) is 0.637. The lowest BCUT2D eigenvalue weighted by Gasteiger charge is -2.04. The molecule has 1 N–H and O–H groups in total. The van der Waals surface area contributed by atoms with Crippen LogP contribution in [0.4, 0.5) is 0 Å². The number of hydrogen-bond acceptors (Lipinski definition) is 5. The Hall–Kier alpha value is -1.40. The molecule has 0 aromatic carbocycles. The van der Waals surface area contributed by atoms with Gasteiger partial charge in [0.2, 0.25) is 0 Å². The molecule has 15 heavy (non-hydrogen) atoms. The predicted molar refractivity (Wildman–Crippen MR) is 53.0 cm³/mol. The van der Waals surface area contributed by atoms with Crippen LogP contribution in [0, 0.1) is 0 Å². The summed E-state index contributed by atoms with van der Waals surface area (Å²) < 4.78 is 15.0. The first-order valence-electron chi connectivity index (χ1n) is 4.58. The summed E-state index contributed by atoms with van der Waals surface area (Å²) >= 11 is 0. The monoisotopic (exact) mass is 214 g/mol. The number of aromatic amines is 1. The van der Waals surface area contributed by atoms with E-state index in [1.54, 1.807) is 7.11 Å². The third-order valence-corrected chi connectivity index (χ3v) is 1.57. The van der Waals surface area contributed by atoms with E-state index in [1.165, 1.54) is 12.4 Å². The summed E-state index contributed by atoms with van der Waals surface area (Å²) in [5.74, 6) is 0.0628. The minimum atomic E-state index is -0.339. The van der Waals surface area contributed by atoms with Gasteiger partial charge in [0.25, 0.3) is 5.88 Å². The second-order valence-electron chi connectivity index (χ2n) is 2.68. The molecule has 0 fully saturated rings. The number of nitrogens with one attached hydrogen (secondary N) is 1. The van der Waals surface area contributed by atoms with Crippen molar-refractivity contribution in [3.05, 3.63) is 22.7 Å². The van der Waals surface area contributed by atoms with Crippen LogP contribution in [0.25, 0.3) is 0 Å². The van der Waals surface area contributed by atoms with Crippen molar-refractivity contribution in [2.45, 2.75) is 0 Å². The lowest BCUT2D eigenvalue weighted by molar-refractivity contribution is 0.0534. The van der Waals surface area contributed by atoms with Gasteiger partial charge in [0.1, 0.15) is 6.61 Å². The highest BCUT2D eigenvalue weighted by Crippen LogP contribution is 1.92. The van der Waals surface area contributed by atoms with E-state index in [2.05, 4.69) is 9.97 Å². The SMILES string of the molecule is COCCOCCOc1ncc[nH]c1=O. The molecule has 0 saturated heterocycles. The van der Waals surface area contributed by atoms with Gasteiger partial charge in [-0.3, -0.25) is 4.79 Å². The molecule has 84 valence electrons. The van der Waals surface area contributed by atoms with Crippen LogP contribution in [0.15, 0.2) is 17.2 Å². The zero-order valence-corrected chi connectivity index (χ0v) is 8.56. The Balaban J connectivity index is 2.15. The second-order valence-corrected chi connectivity index (χ2v) is 2.68. The maximum absolute atomic E-state index is 11.1. The fourth-order valence-electron chi connectivity index (χ4n) is 0.883. The molecule has 0 aliphatic rings. The van der Waals surface area contributed by atoms with Crippen molar-refractivity contribution in [2.75, 3.05) is 33.5 Å². The Morgan fingerprint density at radius 2 is 2.13 bits per heavy atom. The molecule has 6 nitrogen and oxygen atoms in total. The standard InChI is InChI=1S/C9H14N2O4/c1-13-4-5-14-6-7-15-9-8(12)10-2-3-11-9/h2-3H,4-7H2,1H3,(H,10,12). The van der Waals surface area contributed by atoms with Gasteiger partial charge in [0.15, 0.2) is 0 Å². The highest BCUT2D eigenvalue weighted by molar-refractivity contribution is 5.01. The second kappa shape index (κ2) is 6.97. The molecule has 0 amide bonds. The van der Waals surface area contributed by atoms with Gasteiger partial charge >= 0.3 is 5.56 Å². The summed E-state index contributed by atoms with van der Waals surface area (Å²) in [6.07, 6.45) is 2.91. The van der Waals surface area contributed by atoms with Crippen molar-refractivity contribution in [1.29, 1.82) is 0 Å². The van der Waals surface area contributed by atoms with Gasteiger partial charge in [-0.15, -0.1) is 0 Å².